The fourth-order valence-corrected chi connectivity index (χ4v) is 3.19. The van der Waals surface area contributed by atoms with Crippen LogP contribution in [0, 0.1) is 13.8 Å². The van der Waals surface area contributed by atoms with E-state index in [1.807, 2.05) is 19.1 Å². The van der Waals surface area contributed by atoms with Gasteiger partial charge in [-0.25, -0.2) is 12.7 Å². The van der Waals surface area contributed by atoms with Gasteiger partial charge >= 0.3 is 0 Å². The van der Waals surface area contributed by atoms with Gasteiger partial charge in [-0.15, -0.1) is 0 Å². The van der Waals surface area contributed by atoms with Crippen molar-refractivity contribution in [3.05, 3.63) is 64.7 Å². The topological polar surface area (TPSA) is 95.6 Å². The van der Waals surface area contributed by atoms with Gasteiger partial charge in [-0.1, -0.05) is 23.8 Å². The predicted octanol–water partition coefficient (Wildman–Crippen LogP) is 1.63. The van der Waals surface area contributed by atoms with Crippen LogP contribution in [0.15, 0.2) is 47.4 Å². The number of hydrazine groups is 1. The second kappa shape index (κ2) is 7.67. The van der Waals surface area contributed by atoms with Gasteiger partial charge in [0.25, 0.3) is 11.8 Å². The summed E-state index contributed by atoms with van der Waals surface area (Å²) in [6.07, 6.45) is 0. The normalized spacial score (nSPS) is 11.3. The fourth-order valence-electron chi connectivity index (χ4n) is 2.24. The maximum absolute atomic E-state index is 12.2. The molecule has 7 nitrogen and oxygen atoms in total. The Morgan fingerprint density at radius 1 is 0.923 bits per heavy atom. The van der Waals surface area contributed by atoms with E-state index in [9.17, 15) is 18.0 Å². The minimum absolute atomic E-state index is 0.00370. The maximum atomic E-state index is 12.2. The third-order valence-electron chi connectivity index (χ3n) is 3.80. The molecule has 0 unspecified atom stereocenters. The first-order valence-corrected chi connectivity index (χ1v) is 9.27. The molecule has 2 rings (SSSR count). The molecule has 2 amide bonds. The van der Waals surface area contributed by atoms with Crippen LogP contribution in [0.4, 0.5) is 0 Å². The Hall–Kier alpha value is -2.71. The van der Waals surface area contributed by atoms with Crippen molar-refractivity contribution < 1.29 is 18.0 Å². The first-order valence-electron chi connectivity index (χ1n) is 7.83. The number of sulfonamides is 1. The Morgan fingerprint density at radius 3 is 2.23 bits per heavy atom. The Bertz CT molecular complexity index is 953. The third-order valence-corrected chi connectivity index (χ3v) is 5.61. The van der Waals surface area contributed by atoms with Gasteiger partial charge in [0.2, 0.25) is 10.0 Å². The van der Waals surface area contributed by atoms with Gasteiger partial charge in [0, 0.05) is 25.2 Å². The molecule has 0 heterocycles. The fraction of sp³-hybridized carbons (Fsp3) is 0.222. The van der Waals surface area contributed by atoms with E-state index < -0.39 is 21.8 Å². The largest absolute Gasteiger partial charge is 0.269 e. The Balaban J connectivity index is 2.14. The lowest BCUT2D eigenvalue weighted by Crippen LogP contribution is -2.42. The number of amides is 2. The number of nitrogens with one attached hydrogen (secondary N) is 2. The number of rotatable bonds is 4. The predicted molar refractivity (Wildman–Crippen MR) is 98.2 cm³/mol. The standard InChI is InChI=1S/C18H21N3O4S/c1-12-8-9-13(2)16(10-12)18(23)20-19-17(22)14-6-5-7-15(11-14)26(24,25)21(3)4/h5-11H,1-4H3,(H,19,22)(H,20,23). The zero-order valence-corrected chi connectivity index (χ0v) is 15.8. The van der Waals surface area contributed by atoms with E-state index in [4.69, 9.17) is 0 Å². The van der Waals surface area contributed by atoms with Crippen molar-refractivity contribution in [1.82, 2.24) is 15.2 Å². The van der Waals surface area contributed by atoms with Crippen LogP contribution in [0.2, 0.25) is 0 Å². The van der Waals surface area contributed by atoms with E-state index in [1.165, 1.54) is 38.4 Å². The highest BCUT2D eigenvalue weighted by molar-refractivity contribution is 7.89. The molecule has 26 heavy (non-hydrogen) atoms. The number of carbonyl (C=O) groups is 2. The Kier molecular flexibility index (Phi) is 5.79. The molecule has 0 saturated carbocycles. The van der Waals surface area contributed by atoms with Gasteiger partial charge < -0.3 is 0 Å². The molecule has 8 heteroatoms. The number of benzene rings is 2. The first kappa shape index (κ1) is 19.6. The monoisotopic (exact) mass is 375 g/mol. The maximum Gasteiger partial charge on any atom is 0.269 e. The van der Waals surface area contributed by atoms with Crippen molar-refractivity contribution in [2.75, 3.05) is 14.1 Å². The molecule has 0 radical (unpaired) electrons. The SMILES string of the molecule is Cc1ccc(C)c(C(=O)NNC(=O)c2cccc(S(=O)(=O)N(C)C)c2)c1. The van der Waals surface area contributed by atoms with Crippen molar-refractivity contribution in [1.29, 1.82) is 0 Å². The molecule has 0 fully saturated rings. The zero-order valence-electron chi connectivity index (χ0n) is 15.0. The van der Waals surface area contributed by atoms with E-state index in [0.717, 1.165) is 15.4 Å². The number of aryl methyl sites for hydroxylation is 2. The van der Waals surface area contributed by atoms with Gasteiger partial charge in [-0.05, 0) is 43.7 Å². The van der Waals surface area contributed by atoms with E-state index in [2.05, 4.69) is 10.9 Å². The summed E-state index contributed by atoms with van der Waals surface area (Å²) >= 11 is 0. The molecular formula is C18H21N3O4S. The average molecular weight is 375 g/mol. The van der Waals surface area contributed by atoms with Gasteiger partial charge in [-0.3, -0.25) is 20.4 Å². The summed E-state index contributed by atoms with van der Waals surface area (Å²) in [5.74, 6) is -1.06. The highest BCUT2D eigenvalue weighted by Crippen LogP contribution is 2.15. The Morgan fingerprint density at radius 2 is 1.58 bits per heavy atom. The molecule has 0 bridgehead atoms. The minimum atomic E-state index is -3.65. The summed E-state index contributed by atoms with van der Waals surface area (Å²) in [6, 6.07) is 11.0. The highest BCUT2D eigenvalue weighted by Gasteiger charge is 2.19. The summed E-state index contributed by atoms with van der Waals surface area (Å²) in [6.45, 7) is 3.66. The van der Waals surface area contributed by atoms with Crippen LogP contribution in [0.3, 0.4) is 0 Å². The molecule has 0 atom stereocenters. The molecule has 0 aliphatic carbocycles. The summed E-state index contributed by atoms with van der Waals surface area (Å²) in [4.78, 5) is 24.5. The molecular weight excluding hydrogens is 354 g/mol. The van der Waals surface area contributed by atoms with Crippen molar-refractivity contribution in [2.45, 2.75) is 18.7 Å². The van der Waals surface area contributed by atoms with Crippen molar-refractivity contribution in [3.63, 3.8) is 0 Å². The third kappa shape index (κ3) is 4.27. The van der Waals surface area contributed by atoms with Crippen LogP contribution in [-0.4, -0.2) is 38.6 Å². The van der Waals surface area contributed by atoms with Gasteiger partial charge in [0.1, 0.15) is 0 Å². The van der Waals surface area contributed by atoms with E-state index in [0.29, 0.717) is 5.56 Å². The Labute approximate surface area is 153 Å². The van der Waals surface area contributed by atoms with Crippen molar-refractivity contribution in [2.24, 2.45) is 0 Å². The molecule has 2 aromatic rings. The van der Waals surface area contributed by atoms with E-state index >= 15 is 0 Å². The molecule has 2 aromatic carbocycles. The van der Waals surface area contributed by atoms with Gasteiger partial charge in [0.15, 0.2) is 0 Å². The molecule has 0 aliphatic rings. The van der Waals surface area contributed by atoms with Gasteiger partial charge in [-0.2, -0.15) is 0 Å². The first-order chi connectivity index (χ1) is 12.1. The average Bonchev–Trinajstić information content (AvgIpc) is 2.61. The summed E-state index contributed by atoms with van der Waals surface area (Å²) in [5, 5.41) is 0. The van der Waals surface area contributed by atoms with Crippen LogP contribution in [0.25, 0.3) is 0 Å². The summed E-state index contributed by atoms with van der Waals surface area (Å²) in [5.41, 5.74) is 6.93. The number of hydrogen-bond donors (Lipinski definition) is 2. The van der Waals surface area contributed by atoms with Crippen LogP contribution in [0.1, 0.15) is 31.8 Å². The quantitative estimate of drug-likeness (QED) is 0.794. The van der Waals surface area contributed by atoms with Crippen LogP contribution in [-0.2, 0) is 10.0 Å². The number of carbonyl (C=O) groups excluding carboxylic acids is 2. The molecule has 2 N–H and O–H groups in total. The molecule has 0 saturated heterocycles. The number of hydrogen-bond acceptors (Lipinski definition) is 4. The zero-order chi connectivity index (χ0) is 19.5. The lowest BCUT2D eigenvalue weighted by molar-refractivity contribution is 0.0846. The molecule has 0 aromatic heterocycles. The smallest absolute Gasteiger partial charge is 0.267 e. The van der Waals surface area contributed by atoms with Crippen LogP contribution < -0.4 is 10.9 Å². The minimum Gasteiger partial charge on any atom is -0.267 e. The van der Waals surface area contributed by atoms with Crippen LogP contribution in [0.5, 0.6) is 0 Å². The van der Waals surface area contributed by atoms with Gasteiger partial charge in [0.05, 0.1) is 4.90 Å². The lowest BCUT2D eigenvalue weighted by atomic mass is 10.1. The second-order valence-corrected chi connectivity index (χ2v) is 8.19. The van der Waals surface area contributed by atoms with E-state index in [-0.39, 0.29) is 10.5 Å². The summed E-state index contributed by atoms with van der Waals surface area (Å²) in [7, 11) is -0.833. The van der Waals surface area contributed by atoms with Crippen LogP contribution >= 0.6 is 0 Å². The molecule has 0 spiro atoms. The lowest BCUT2D eigenvalue weighted by Gasteiger charge is -2.13. The van der Waals surface area contributed by atoms with Crippen molar-refractivity contribution >= 4 is 21.8 Å². The van der Waals surface area contributed by atoms with Crippen molar-refractivity contribution in [3.8, 4) is 0 Å². The molecule has 138 valence electrons. The molecule has 0 aliphatic heterocycles. The number of nitrogens with zero attached hydrogens (tertiary/aromatic N) is 1. The summed E-state index contributed by atoms with van der Waals surface area (Å²) < 4.78 is 25.4. The van der Waals surface area contributed by atoms with E-state index in [1.54, 1.807) is 13.0 Å². The second-order valence-electron chi connectivity index (χ2n) is 6.04. The highest BCUT2D eigenvalue weighted by atomic mass is 32.2.